The van der Waals surface area contributed by atoms with Crippen LogP contribution in [-0.4, -0.2) is 47.4 Å². The number of nitrogens with zero attached hydrogens (tertiary/aromatic N) is 1. The second kappa shape index (κ2) is 9.30. The summed E-state index contributed by atoms with van der Waals surface area (Å²) in [5, 5.41) is 6.36. The lowest BCUT2D eigenvalue weighted by molar-refractivity contribution is 0.321. The third-order valence-electron chi connectivity index (χ3n) is 2.96. The third kappa shape index (κ3) is 6.80. The fraction of sp³-hybridized carbons (Fsp3) is 0.533. The molecule has 0 saturated heterocycles. The molecule has 0 spiro atoms. The first-order valence-electron chi connectivity index (χ1n) is 7.34. The first-order chi connectivity index (χ1) is 10.5. The molecule has 0 aliphatic carbocycles. The van der Waals surface area contributed by atoms with Crippen LogP contribution in [0.3, 0.4) is 0 Å². The van der Waals surface area contributed by atoms with Gasteiger partial charge in [0.05, 0.1) is 11.4 Å². The van der Waals surface area contributed by atoms with Crippen molar-refractivity contribution in [2.45, 2.75) is 24.7 Å². The van der Waals surface area contributed by atoms with Crippen LogP contribution in [0.1, 0.15) is 19.8 Å². The van der Waals surface area contributed by atoms with Crippen LogP contribution in [0.5, 0.6) is 5.75 Å². The molecule has 0 bridgehead atoms. The van der Waals surface area contributed by atoms with Gasteiger partial charge in [-0.3, -0.25) is 4.99 Å². The molecule has 0 aromatic heterocycles. The van der Waals surface area contributed by atoms with Crippen LogP contribution < -0.4 is 15.4 Å². The number of guanidine groups is 1. The van der Waals surface area contributed by atoms with Crippen LogP contribution >= 0.6 is 0 Å². The summed E-state index contributed by atoms with van der Waals surface area (Å²) < 4.78 is 28.3. The first kappa shape index (κ1) is 18.3. The van der Waals surface area contributed by atoms with Gasteiger partial charge >= 0.3 is 0 Å². The zero-order chi connectivity index (χ0) is 16.4. The average Bonchev–Trinajstić information content (AvgIpc) is 2.49. The van der Waals surface area contributed by atoms with Crippen molar-refractivity contribution in [2.24, 2.45) is 4.99 Å². The molecule has 2 N–H and O–H groups in total. The van der Waals surface area contributed by atoms with Gasteiger partial charge in [0.25, 0.3) is 0 Å². The highest BCUT2D eigenvalue weighted by Crippen LogP contribution is 2.15. The van der Waals surface area contributed by atoms with Crippen molar-refractivity contribution in [1.82, 2.24) is 10.6 Å². The van der Waals surface area contributed by atoms with E-state index in [-0.39, 0.29) is 0 Å². The van der Waals surface area contributed by atoms with E-state index in [0.717, 1.165) is 25.3 Å². The monoisotopic (exact) mass is 327 g/mol. The van der Waals surface area contributed by atoms with E-state index in [4.69, 9.17) is 4.74 Å². The maximum Gasteiger partial charge on any atom is 0.191 e. The maximum absolute atomic E-state index is 11.3. The number of sulfone groups is 1. The zero-order valence-corrected chi connectivity index (χ0v) is 14.2. The molecular formula is C15H25N3O3S. The third-order valence-corrected chi connectivity index (χ3v) is 4.09. The average molecular weight is 327 g/mol. The Balaban J connectivity index is 2.32. The fourth-order valence-electron chi connectivity index (χ4n) is 1.73. The SMILES string of the molecule is CCCCNC(=NC)NCCOc1ccc(S(C)(=O)=O)cc1. The van der Waals surface area contributed by atoms with E-state index in [0.29, 0.717) is 23.8 Å². The lowest BCUT2D eigenvalue weighted by Crippen LogP contribution is -2.39. The Morgan fingerprint density at radius 3 is 2.36 bits per heavy atom. The van der Waals surface area contributed by atoms with Gasteiger partial charge in [-0.2, -0.15) is 0 Å². The molecule has 6 nitrogen and oxygen atoms in total. The van der Waals surface area contributed by atoms with Crippen molar-refractivity contribution in [3.05, 3.63) is 24.3 Å². The summed E-state index contributed by atoms with van der Waals surface area (Å²) in [6, 6.07) is 6.40. The van der Waals surface area contributed by atoms with E-state index in [1.807, 2.05) is 0 Å². The largest absolute Gasteiger partial charge is 0.492 e. The molecule has 124 valence electrons. The summed E-state index contributed by atoms with van der Waals surface area (Å²) >= 11 is 0. The van der Waals surface area contributed by atoms with E-state index in [9.17, 15) is 8.42 Å². The molecule has 1 rings (SSSR count). The highest BCUT2D eigenvalue weighted by Gasteiger charge is 2.06. The summed E-state index contributed by atoms with van der Waals surface area (Å²) in [5.74, 6) is 1.40. The number of benzene rings is 1. The van der Waals surface area contributed by atoms with Gasteiger partial charge in [-0.1, -0.05) is 13.3 Å². The lowest BCUT2D eigenvalue weighted by Gasteiger charge is -2.12. The molecule has 0 atom stereocenters. The van der Waals surface area contributed by atoms with Crippen molar-refractivity contribution < 1.29 is 13.2 Å². The molecule has 1 aromatic carbocycles. The van der Waals surface area contributed by atoms with E-state index in [1.54, 1.807) is 31.3 Å². The smallest absolute Gasteiger partial charge is 0.191 e. The molecule has 0 aliphatic rings. The zero-order valence-electron chi connectivity index (χ0n) is 13.4. The van der Waals surface area contributed by atoms with Gasteiger partial charge in [0, 0.05) is 19.8 Å². The fourth-order valence-corrected chi connectivity index (χ4v) is 2.36. The van der Waals surface area contributed by atoms with Crippen molar-refractivity contribution in [2.75, 3.05) is 33.0 Å². The number of hydrogen-bond acceptors (Lipinski definition) is 4. The number of nitrogens with one attached hydrogen (secondary N) is 2. The van der Waals surface area contributed by atoms with Gasteiger partial charge in [-0.25, -0.2) is 8.42 Å². The summed E-state index contributed by atoms with van der Waals surface area (Å²) in [6.45, 7) is 4.11. The molecule has 0 heterocycles. The van der Waals surface area contributed by atoms with Gasteiger partial charge in [0.1, 0.15) is 12.4 Å². The molecule has 0 radical (unpaired) electrons. The minimum Gasteiger partial charge on any atom is -0.492 e. The van der Waals surface area contributed by atoms with Gasteiger partial charge < -0.3 is 15.4 Å². The Kier molecular flexibility index (Phi) is 7.73. The molecule has 7 heteroatoms. The minimum atomic E-state index is -3.16. The highest BCUT2D eigenvalue weighted by atomic mass is 32.2. The van der Waals surface area contributed by atoms with E-state index < -0.39 is 9.84 Å². The molecule has 0 saturated carbocycles. The van der Waals surface area contributed by atoms with E-state index in [1.165, 1.54) is 6.26 Å². The predicted molar refractivity (Wildman–Crippen MR) is 89.3 cm³/mol. The van der Waals surface area contributed by atoms with Gasteiger partial charge in [-0.05, 0) is 30.7 Å². The van der Waals surface area contributed by atoms with Crippen LogP contribution in [0.2, 0.25) is 0 Å². The topological polar surface area (TPSA) is 79.8 Å². The molecule has 0 aliphatic heterocycles. The number of ether oxygens (including phenoxy) is 1. The van der Waals surface area contributed by atoms with Crippen molar-refractivity contribution in [3.8, 4) is 5.75 Å². The Labute approximate surface area is 132 Å². The standard InChI is InChI=1S/C15H25N3O3S/c1-4-5-10-17-15(16-2)18-11-12-21-13-6-8-14(9-7-13)22(3,19)20/h6-9H,4-5,10-12H2,1-3H3,(H2,16,17,18). The molecule has 0 unspecified atom stereocenters. The molecule has 0 amide bonds. The number of unbranched alkanes of at least 4 members (excludes halogenated alkanes) is 1. The molecule has 1 aromatic rings. The minimum absolute atomic E-state index is 0.290. The Hall–Kier alpha value is -1.76. The number of rotatable bonds is 8. The van der Waals surface area contributed by atoms with Gasteiger partial charge in [0.2, 0.25) is 0 Å². The van der Waals surface area contributed by atoms with Crippen LogP contribution in [0, 0.1) is 0 Å². The van der Waals surface area contributed by atoms with Crippen LogP contribution in [0.15, 0.2) is 34.2 Å². The molecule has 22 heavy (non-hydrogen) atoms. The van der Waals surface area contributed by atoms with Crippen LogP contribution in [-0.2, 0) is 9.84 Å². The second-order valence-electron chi connectivity index (χ2n) is 4.87. The van der Waals surface area contributed by atoms with Crippen LogP contribution in [0.25, 0.3) is 0 Å². The summed E-state index contributed by atoms with van der Waals surface area (Å²) in [7, 11) is -1.43. The summed E-state index contributed by atoms with van der Waals surface area (Å²) in [6.07, 6.45) is 3.42. The summed E-state index contributed by atoms with van der Waals surface area (Å²) in [4.78, 5) is 4.41. The van der Waals surface area contributed by atoms with E-state index >= 15 is 0 Å². The van der Waals surface area contributed by atoms with Crippen LogP contribution in [0.4, 0.5) is 0 Å². The van der Waals surface area contributed by atoms with E-state index in [2.05, 4.69) is 22.5 Å². The molecular weight excluding hydrogens is 302 g/mol. The van der Waals surface area contributed by atoms with Gasteiger partial charge in [-0.15, -0.1) is 0 Å². The number of hydrogen-bond donors (Lipinski definition) is 2. The lowest BCUT2D eigenvalue weighted by atomic mass is 10.3. The maximum atomic E-state index is 11.3. The number of aliphatic imine (C=N–C) groups is 1. The second-order valence-corrected chi connectivity index (χ2v) is 6.89. The normalized spacial score (nSPS) is 12.0. The highest BCUT2D eigenvalue weighted by molar-refractivity contribution is 7.90. The quantitative estimate of drug-likeness (QED) is 0.429. The first-order valence-corrected chi connectivity index (χ1v) is 9.24. The Morgan fingerprint density at radius 2 is 1.82 bits per heavy atom. The Morgan fingerprint density at radius 1 is 1.18 bits per heavy atom. The van der Waals surface area contributed by atoms with Gasteiger partial charge in [0.15, 0.2) is 15.8 Å². The van der Waals surface area contributed by atoms with Crippen molar-refractivity contribution in [1.29, 1.82) is 0 Å². The van der Waals surface area contributed by atoms with Crippen molar-refractivity contribution >= 4 is 15.8 Å². The Bertz CT molecular complexity index is 568. The summed E-state index contributed by atoms with van der Waals surface area (Å²) in [5.41, 5.74) is 0. The predicted octanol–water partition coefficient (Wildman–Crippen LogP) is 1.43. The molecule has 0 fully saturated rings. The van der Waals surface area contributed by atoms with Crippen molar-refractivity contribution in [3.63, 3.8) is 0 Å².